The summed E-state index contributed by atoms with van der Waals surface area (Å²) in [5.41, 5.74) is 0. The van der Waals surface area contributed by atoms with Crippen LogP contribution in [0.3, 0.4) is 0 Å². The molecule has 52 valence electrons. The predicted octanol–water partition coefficient (Wildman–Crippen LogP) is 2.08. The molecule has 0 aromatic heterocycles. The molecule has 0 bridgehead atoms. The van der Waals surface area contributed by atoms with E-state index in [1.165, 1.54) is 12.8 Å². The summed E-state index contributed by atoms with van der Waals surface area (Å²) in [5.74, 6) is 0. The quantitative estimate of drug-likeness (QED) is 0.438. The van der Waals surface area contributed by atoms with Crippen LogP contribution in [0.4, 0.5) is 0 Å². The van der Waals surface area contributed by atoms with Gasteiger partial charge in [-0.05, 0) is 18.7 Å². The second-order valence-electron chi connectivity index (χ2n) is 1.90. The monoisotopic (exact) mass is 125 g/mol. The standard InChI is InChI=1S/C8H15N/c1-3-5-7-9-8-6-4-2/h3,5,7,9H,1,4,6,8H2,2H3/b7-5-. The first-order chi connectivity index (χ1) is 4.41. The highest BCUT2D eigenvalue weighted by Crippen LogP contribution is 1.81. The molecule has 1 N–H and O–H groups in total. The van der Waals surface area contributed by atoms with Gasteiger partial charge in [-0.3, -0.25) is 0 Å². The first-order valence-electron chi connectivity index (χ1n) is 3.42. The number of allylic oxidation sites excluding steroid dienone is 2. The van der Waals surface area contributed by atoms with E-state index >= 15 is 0 Å². The maximum atomic E-state index is 3.55. The van der Waals surface area contributed by atoms with Gasteiger partial charge in [-0.1, -0.05) is 26.0 Å². The van der Waals surface area contributed by atoms with E-state index in [-0.39, 0.29) is 0 Å². The van der Waals surface area contributed by atoms with Gasteiger partial charge in [-0.25, -0.2) is 0 Å². The Balaban J connectivity index is 2.90. The van der Waals surface area contributed by atoms with Crippen molar-refractivity contribution in [2.75, 3.05) is 6.54 Å². The first kappa shape index (κ1) is 8.28. The summed E-state index contributed by atoms with van der Waals surface area (Å²) in [7, 11) is 0. The normalized spacial score (nSPS) is 9.89. The van der Waals surface area contributed by atoms with Crippen LogP contribution in [0.2, 0.25) is 0 Å². The molecule has 0 radical (unpaired) electrons. The average Bonchev–Trinajstić information content (AvgIpc) is 1.89. The van der Waals surface area contributed by atoms with Gasteiger partial charge in [0.15, 0.2) is 0 Å². The van der Waals surface area contributed by atoms with Crippen LogP contribution < -0.4 is 5.32 Å². The Hall–Kier alpha value is -0.720. The third-order valence-corrected chi connectivity index (χ3v) is 1.02. The molecule has 0 saturated heterocycles. The molecule has 0 amide bonds. The molecular formula is C8H15N. The predicted molar refractivity (Wildman–Crippen MR) is 42.2 cm³/mol. The van der Waals surface area contributed by atoms with Crippen LogP contribution >= 0.6 is 0 Å². The van der Waals surface area contributed by atoms with Crippen LogP contribution in [0.15, 0.2) is 24.9 Å². The zero-order chi connectivity index (χ0) is 6.95. The summed E-state index contributed by atoms with van der Waals surface area (Å²) in [6, 6.07) is 0. The van der Waals surface area contributed by atoms with Gasteiger partial charge in [0.25, 0.3) is 0 Å². The molecule has 0 aliphatic heterocycles. The Bertz CT molecular complexity index is 84.6. The van der Waals surface area contributed by atoms with Crippen LogP contribution in [0.1, 0.15) is 19.8 Å². The minimum absolute atomic E-state index is 1.07. The minimum Gasteiger partial charge on any atom is -0.391 e. The van der Waals surface area contributed by atoms with Crippen molar-refractivity contribution >= 4 is 0 Å². The lowest BCUT2D eigenvalue weighted by Crippen LogP contribution is -2.05. The van der Waals surface area contributed by atoms with Gasteiger partial charge < -0.3 is 5.32 Å². The smallest absolute Gasteiger partial charge is 0.0141 e. The van der Waals surface area contributed by atoms with E-state index in [2.05, 4.69) is 18.8 Å². The van der Waals surface area contributed by atoms with Crippen LogP contribution in [-0.2, 0) is 0 Å². The maximum Gasteiger partial charge on any atom is 0.0141 e. The van der Waals surface area contributed by atoms with Gasteiger partial charge in [0, 0.05) is 6.54 Å². The lowest BCUT2D eigenvalue weighted by molar-refractivity contribution is 0.735. The lowest BCUT2D eigenvalue weighted by Gasteiger charge is -1.94. The fourth-order valence-corrected chi connectivity index (χ4v) is 0.498. The molecule has 1 nitrogen and oxygen atoms in total. The Kier molecular flexibility index (Phi) is 6.70. The molecule has 0 aromatic carbocycles. The van der Waals surface area contributed by atoms with Gasteiger partial charge in [-0.15, -0.1) is 0 Å². The van der Waals surface area contributed by atoms with Crippen LogP contribution in [0.25, 0.3) is 0 Å². The van der Waals surface area contributed by atoms with E-state index < -0.39 is 0 Å². The van der Waals surface area contributed by atoms with Crippen molar-refractivity contribution in [2.24, 2.45) is 0 Å². The topological polar surface area (TPSA) is 12.0 Å². The van der Waals surface area contributed by atoms with Crippen LogP contribution in [-0.4, -0.2) is 6.54 Å². The van der Waals surface area contributed by atoms with Crippen molar-refractivity contribution in [2.45, 2.75) is 19.8 Å². The van der Waals surface area contributed by atoms with E-state index in [0.717, 1.165) is 6.54 Å². The Morgan fingerprint density at radius 1 is 1.56 bits per heavy atom. The maximum absolute atomic E-state index is 3.55. The molecule has 0 aliphatic carbocycles. The summed E-state index contributed by atoms with van der Waals surface area (Å²) in [6.07, 6.45) is 8.06. The van der Waals surface area contributed by atoms with E-state index in [0.29, 0.717) is 0 Å². The summed E-state index contributed by atoms with van der Waals surface area (Å²) < 4.78 is 0. The molecular weight excluding hydrogens is 110 g/mol. The molecule has 0 heterocycles. The van der Waals surface area contributed by atoms with Crippen LogP contribution in [0.5, 0.6) is 0 Å². The van der Waals surface area contributed by atoms with E-state index in [9.17, 15) is 0 Å². The summed E-state index contributed by atoms with van der Waals surface area (Å²) in [5, 5.41) is 3.14. The lowest BCUT2D eigenvalue weighted by atomic mass is 10.3. The molecule has 0 aliphatic rings. The zero-order valence-corrected chi connectivity index (χ0v) is 6.06. The van der Waals surface area contributed by atoms with Crippen molar-refractivity contribution in [1.29, 1.82) is 0 Å². The molecule has 0 rings (SSSR count). The van der Waals surface area contributed by atoms with Gasteiger partial charge in [0.2, 0.25) is 0 Å². The van der Waals surface area contributed by atoms with Gasteiger partial charge in [-0.2, -0.15) is 0 Å². The number of rotatable bonds is 5. The highest BCUT2D eigenvalue weighted by molar-refractivity contribution is 4.95. The third-order valence-electron chi connectivity index (χ3n) is 1.02. The molecule has 1 heteroatoms. The van der Waals surface area contributed by atoms with Gasteiger partial charge >= 0.3 is 0 Å². The van der Waals surface area contributed by atoms with Crippen molar-refractivity contribution < 1.29 is 0 Å². The van der Waals surface area contributed by atoms with E-state index in [4.69, 9.17) is 0 Å². The summed E-state index contributed by atoms with van der Waals surface area (Å²) in [4.78, 5) is 0. The number of hydrogen-bond acceptors (Lipinski definition) is 1. The van der Waals surface area contributed by atoms with Crippen molar-refractivity contribution in [1.82, 2.24) is 5.32 Å². The van der Waals surface area contributed by atoms with Crippen molar-refractivity contribution in [3.05, 3.63) is 24.9 Å². The number of nitrogens with one attached hydrogen (secondary N) is 1. The molecule has 9 heavy (non-hydrogen) atoms. The molecule has 0 unspecified atom stereocenters. The molecule has 0 atom stereocenters. The molecule has 0 fully saturated rings. The third kappa shape index (κ3) is 7.28. The Labute approximate surface area is 57.5 Å². The minimum atomic E-state index is 1.07. The molecule has 0 spiro atoms. The largest absolute Gasteiger partial charge is 0.391 e. The van der Waals surface area contributed by atoms with Crippen molar-refractivity contribution in [3.8, 4) is 0 Å². The highest BCUT2D eigenvalue weighted by Gasteiger charge is 1.75. The Morgan fingerprint density at radius 3 is 2.89 bits per heavy atom. The summed E-state index contributed by atoms with van der Waals surface area (Å²) in [6.45, 7) is 6.80. The number of unbranched alkanes of at least 4 members (excludes halogenated alkanes) is 1. The van der Waals surface area contributed by atoms with Crippen LogP contribution in [0, 0.1) is 0 Å². The second kappa shape index (κ2) is 7.28. The summed E-state index contributed by atoms with van der Waals surface area (Å²) >= 11 is 0. The van der Waals surface area contributed by atoms with Crippen molar-refractivity contribution in [3.63, 3.8) is 0 Å². The first-order valence-corrected chi connectivity index (χ1v) is 3.42. The Morgan fingerprint density at radius 2 is 2.33 bits per heavy atom. The highest BCUT2D eigenvalue weighted by atomic mass is 14.8. The fourth-order valence-electron chi connectivity index (χ4n) is 0.498. The SMILES string of the molecule is C=C/C=C\NCCCC. The molecule has 0 aromatic rings. The second-order valence-corrected chi connectivity index (χ2v) is 1.90. The van der Waals surface area contributed by atoms with Gasteiger partial charge in [0.1, 0.15) is 0 Å². The fraction of sp³-hybridized carbons (Fsp3) is 0.500. The molecule has 0 saturated carbocycles. The zero-order valence-electron chi connectivity index (χ0n) is 6.06. The van der Waals surface area contributed by atoms with E-state index in [1.807, 2.05) is 12.3 Å². The number of hydrogen-bond donors (Lipinski definition) is 1. The average molecular weight is 125 g/mol. The van der Waals surface area contributed by atoms with Gasteiger partial charge in [0.05, 0.1) is 0 Å². The van der Waals surface area contributed by atoms with E-state index in [1.54, 1.807) is 6.08 Å².